The highest BCUT2D eigenvalue weighted by Gasteiger charge is 2.45. The van der Waals surface area contributed by atoms with Gasteiger partial charge >= 0.3 is 0 Å². The Balaban J connectivity index is 1.72. The van der Waals surface area contributed by atoms with Crippen molar-refractivity contribution in [3.8, 4) is 11.5 Å². The van der Waals surface area contributed by atoms with Crippen LogP contribution in [0.3, 0.4) is 0 Å². The molecule has 4 rings (SSSR count). The predicted octanol–water partition coefficient (Wildman–Crippen LogP) is 4.26. The zero-order valence-corrected chi connectivity index (χ0v) is 20.2. The van der Waals surface area contributed by atoms with E-state index >= 15 is 0 Å². The van der Waals surface area contributed by atoms with Gasteiger partial charge in [0, 0.05) is 17.1 Å². The molecule has 2 aromatic rings. The Labute approximate surface area is 204 Å². The maximum Gasteiger partial charge on any atom is 0.295 e. The lowest BCUT2D eigenvalue weighted by molar-refractivity contribution is -0.140. The van der Waals surface area contributed by atoms with Gasteiger partial charge in [0.25, 0.3) is 11.7 Å². The number of rotatable bonds is 8. The van der Waals surface area contributed by atoms with E-state index in [9.17, 15) is 14.7 Å². The van der Waals surface area contributed by atoms with Crippen molar-refractivity contribution < 1.29 is 24.2 Å². The number of nitrogens with zero attached hydrogens (tertiary/aromatic N) is 2. The summed E-state index contributed by atoms with van der Waals surface area (Å²) in [4.78, 5) is 30.1. The number of hydrogen-bond donors (Lipinski definition) is 1. The van der Waals surface area contributed by atoms with Crippen molar-refractivity contribution in [2.45, 2.75) is 26.3 Å². The number of benzene rings is 2. The average Bonchev–Trinajstić information content (AvgIpc) is 3.11. The van der Waals surface area contributed by atoms with Gasteiger partial charge in [0.2, 0.25) is 0 Å². The molecule has 180 valence electrons. The summed E-state index contributed by atoms with van der Waals surface area (Å²) in [6, 6.07) is 11.3. The number of ether oxygens (including phenoxy) is 2. The Bertz CT molecular complexity index is 1090. The van der Waals surface area contributed by atoms with Crippen LogP contribution >= 0.6 is 11.6 Å². The monoisotopic (exact) mass is 484 g/mol. The van der Waals surface area contributed by atoms with Crippen LogP contribution in [-0.4, -0.2) is 66.0 Å². The van der Waals surface area contributed by atoms with Gasteiger partial charge < -0.3 is 24.4 Å². The third-order valence-electron chi connectivity index (χ3n) is 6.31. The molecule has 2 aliphatic heterocycles. The number of fused-ring (bicyclic) bond motifs is 1. The third-order valence-corrected chi connectivity index (χ3v) is 6.56. The van der Waals surface area contributed by atoms with Crippen molar-refractivity contribution in [1.29, 1.82) is 0 Å². The first-order chi connectivity index (χ1) is 16.4. The number of aliphatic hydroxyl groups is 1. The van der Waals surface area contributed by atoms with Gasteiger partial charge in [-0.3, -0.25) is 9.59 Å². The normalized spacial score (nSPS) is 19.2. The largest absolute Gasteiger partial charge is 0.507 e. The van der Waals surface area contributed by atoms with E-state index in [2.05, 4.69) is 18.7 Å². The second-order valence-corrected chi connectivity index (χ2v) is 8.72. The van der Waals surface area contributed by atoms with Crippen LogP contribution in [0.1, 0.15) is 37.4 Å². The van der Waals surface area contributed by atoms with Gasteiger partial charge in [-0.25, -0.2) is 0 Å². The first-order valence-electron chi connectivity index (χ1n) is 11.6. The lowest BCUT2D eigenvalue weighted by Gasteiger charge is -2.27. The lowest BCUT2D eigenvalue weighted by atomic mass is 9.95. The van der Waals surface area contributed by atoms with Crippen molar-refractivity contribution in [3.05, 3.63) is 64.2 Å². The summed E-state index contributed by atoms with van der Waals surface area (Å²) in [6.07, 6.45) is 0.711. The van der Waals surface area contributed by atoms with Gasteiger partial charge in [0.15, 0.2) is 11.5 Å². The molecule has 0 unspecified atom stereocenters. The van der Waals surface area contributed by atoms with Crippen LogP contribution in [0.15, 0.2) is 48.0 Å². The van der Waals surface area contributed by atoms with E-state index in [1.54, 1.807) is 47.4 Å². The number of carbonyl (C=O) groups is 2. The van der Waals surface area contributed by atoms with E-state index in [4.69, 9.17) is 21.1 Å². The summed E-state index contributed by atoms with van der Waals surface area (Å²) in [5.74, 6) is -0.476. The zero-order valence-electron chi connectivity index (χ0n) is 19.4. The van der Waals surface area contributed by atoms with Gasteiger partial charge in [-0.1, -0.05) is 37.6 Å². The summed E-state index contributed by atoms with van der Waals surface area (Å²) in [5.41, 5.74) is 1.17. The van der Waals surface area contributed by atoms with E-state index in [-0.39, 0.29) is 11.3 Å². The number of halogens is 1. The minimum absolute atomic E-state index is 0.0619. The second-order valence-electron chi connectivity index (χ2n) is 8.28. The Morgan fingerprint density at radius 1 is 1.06 bits per heavy atom. The van der Waals surface area contributed by atoms with Gasteiger partial charge in [0.05, 0.1) is 11.6 Å². The van der Waals surface area contributed by atoms with Crippen molar-refractivity contribution in [2.75, 3.05) is 39.4 Å². The van der Waals surface area contributed by atoms with Crippen LogP contribution in [0.25, 0.3) is 5.76 Å². The maximum atomic E-state index is 13.2. The van der Waals surface area contributed by atoms with E-state index < -0.39 is 17.7 Å². The number of ketones is 1. The number of Topliss-reactive ketones (excluding diaryl/α,β-unsaturated/α-hetero) is 1. The fourth-order valence-electron chi connectivity index (χ4n) is 4.45. The average molecular weight is 485 g/mol. The standard InChI is InChI=1S/C26H29ClN2O5/c1-3-28(4-2)12-5-13-29-23(17-6-9-19(27)10-7-17)22(25(31)26(29)32)24(30)18-8-11-20-21(16-18)34-15-14-33-20/h6-11,16,23,30H,3-5,12-15H2,1-2H3/b24-22+/t23-/m1/s1. The van der Waals surface area contributed by atoms with E-state index in [1.165, 1.54) is 0 Å². The minimum Gasteiger partial charge on any atom is -0.507 e. The maximum absolute atomic E-state index is 13.2. The number of amides is 1. The van der Waals surface area contributed by atoms with Gasteiger partial charge in [0.1, 0.15) is 19.0 Å². The fraction of sp³-hybridized carbons (Fsp3) is 0.385. The molecule has 1 fully saturated rings. The highest BCUT2D eigenvalue weighted by molar-refractivity contribution is 6.46. The third kappa shape index (κ3) is 4.76. The molecule has 1 saturated heterocycles. The molecule has 2 aliphatic rings. The first-order valence-corrected chi connectivity index (χ1v) is 12.0. The molecule has 0 bridgehead atoms. The summed E-state index contributed by atoms with van der Waals surface area (Å²) < 4.78 is 11.2. The molecule has 0 spiro atoms. The molecule has 1 N–H and O–H groups in total. The molecule has 0 radical (unpaired) electrons. The van der Waals surface area contributed by atoms with Crippen LogP contribution in [0.4, 0.5) is 0 Å². The summed E-state index contributed by atoms with van der Waals surface area (Å²) >= 11 is 6.08. The molecular formula is C26H29ClN2O5. The molecule has 7 nitrogen and oxygen atoms in total. The highest BCUT2D eigenvalue weighted by Crippen LogP contribution is 2.41. The number of likely N-dealkylation sites (tertiary alicyclic amines) is 1. The fourth-order valence-corrected chi connectivity index (χ4v) is 4.58. The van der Waals surface area contributed by atoms with E-state index in [0.717, 1.165) is 19.6 Å². The Morgan fingerprint density at radius 2 is 1.74 bits per heavy atom. The molecule has 0 aromatic heterocycles. The van der Waals surface area contributed by atoms with Gasteiger partial charge in [-0.05, 0) is 62.0 Å². The van der Waals surface area contributed by atoms with Crippen LogP contribution in [0.2, 0.25) is 5.02 Å². The molecule has 1 atom stereocenters. The molecular weight excluding hydrogens is 456 g/mol. The summed E-state index contributed by atoms with van der Waals surface area (Å²) in [7, 11) is 0. The highest BCUT2D eigenvalue weighted by atomic mass is 35.5. The topological polar surface area (TPSA) is 79.3 Å². The van der Waals surface area contributed by atoms with E-state index in [0.29, 0.717) is 53.8 Å². The summed E-state index contributed by atoms with van der Waals surface area (Å²) in [6.45, 7) is 8.08. The molecule has 8 heteroatoms. The quantitative estimate of drug-likeness (QED) is 0.342. The Hall–Kier alpha value is -3.03. The zero-order chi connectivity index (χ0) is 24.2. The number of carbonyl (C=O) groups excluding carboxylic acids is 2. The van der Waals surface area contributed by atoms with E-state index in [1.807, 2.05) is 0 Å². The van der Waals surface area contributed by atoms with Crippen LogP contribution in [0, 0.1) is 0 Å². The van der Waals surface area contributed by atoms with Crippen LogP contribution in [0.5, 0.6) is 11.5 Å². The van der Waals surface area contributed by atoms with Gasteiger partial charge in [-0.2, -0.15) is 0 Å². The van der Waals surface area contributed by atoms with Crippen LogP contribution in [-0.2, 0) is 9.59 Å². The minimum atomic E-state index is -0.706. The second kappa shape index (κ2) is 10.5. The SMILES string of the molecule is CCN(CC)CCCN1C(=O)C(=O)/C(=C(/O)c2ccc3c(c2)OCCO3)[C@H]1c1ccc(Cl)cc1. The van der Waals surface area contributed by atoms with Crippen molar-refractivity contribution >= 4 is 29.1 Å². The molecule has 1 amide bonds. The van der Waals surface area contributed by atoms with Crippen molar-refractivity contribution in [3.63, 3.8) is 0 Å². The Kier molecular flexibility index (Phi) is 7.44. The molecule has 2 aromatic carbocycles. The molecule has 2 heterocycles. The van der Waals surface area contributed by atoms with Crippen LogP contribution < -0.4 is 9.47 Å². The smallest absolute Gasteiger partial charge is 0.295 e. The van der Waals surface area contributed by atoms with Crippen molar-refractivity contribution in [2.24, 2.45) is 0 Å². The summed E-state index contributed by atoms with van der Waals surface area (Å²) in [5, 5.41) is 11.8. The van der Waals surface area contributed by atoms with Crippen molar-refractivity contribution in [1.82, 2.24) is 9.80 Å². The molecule has 0 saturated carbocycles. The Morgan fingerprint density at radius 3 is 2.41 bits per heavy atom. The number of hydrogen-bond acceptors (Lipinski definition) is 6. The van der Waals surface area contributed by atoms with Gasteiger partial charge in [-0.15, -0.1) is 0 Å². The molecule has 34 heavy (non-hydrogen) atoms. The lowest BCUT2D eigenvalue weighted by Crippen LogP contribution is -2.33. The predicted molar refractivity (Wildman–Crippen MR) is 130 cm³/mol. The molecule has 0 aliphatic carbocycles. The first kappa shape index (κ1) is 24.1. The number of aliphatic hydroxyl groups excluding tert-OH is 1.